The average Bonchev–Trinajstić information content (AvgIpc) is 1.97. The molecule has 3 N–H and O–H groups in total. The number of hydrogen-bond acceptors (Lipinski definition) is 2. The van der Waals surface area contributed by atoms with E-state index in [0.29, 0.717) is 0 Å². The van der Waals surface area contributed by atoms with E-state index < -0.39 is 6.03 Å². The number of carbonyl (C=O) groups excluding carboxylic acids is 2. The van der Waals surface area contributed by atoms with E-state index >= 15 is 0 Å². The van der Waals surface area contributed by atoms with Gasteiger partial charge in [-0.15, -0.1) is 0 Å². The van der Waals surface area contributed by atoms with E-state index in [1.165, 1.54) is 0 Å². The molecular formula is C9H16N2O2. The van der Waals surface area contributed by atoms with Crippen molar-refractivity contribution in [2.24, 2.45) is 17.6 Å². The molecule has 0 aromatic rings. The van der Waals surface area contributed by atoms with Crippen molar-refractivity contribution in [2.75, 3.05) is 0 Å². The lowest BCUT2D eigenvalue weighted by Gasteiger charge is -2.14. The summed E-state index contributed by atoms with van der Waals surface area (Å²) in [4.78, 5) is 21.7. The first-order valence-electron chi connectivity index (χ1n) is 4.22. The molecular weight excluding hydrogens is 168 g/mol. The van der Waals surface area contributed by atoms with Crippen LogP contribution in [0.5, 0.6) is 0 Å². The van der Waals surface area contributed by atoms with Gasteiger partial charge in [0.1, 0.15) is 0 Å². The first-order valence-corrected chi connectivity index (χ1v) is 4.22. The zero-order valence-corrected chi connectivity index (χ0v) is 8.20. The first-order chi connectivity index (χ1) is 5.99. The number of nitrogens with two attached hydrogens (primary N) is 1. The Bertz CT molecular complexity index is 222. The minimum atomic E-state index is -0.805. The molecule has 0 radical (unpaired) electrons. The van der Waals surface area contributed by atoms with Gasteiger partial charge in [-0.3, -0.25) is 10.1 Å². The number of nitrogens with one attached hydrogen (secondary N) is 1. The Morgan fingerprint density at radius 2 is 1.92 bits per heavy atom. The summed E-state index contributed by atoms with van der Waals surface area (Å²) >= 11 is 0. The summed E-state index contributed by atoms with van der Waals surface area (Å²) in [5, 5.41) is 2.06. The lowest BCUT2D eigenvalue weighted by atomic mass is 9.94. The van der Waals surface area contributed by atoms with Gasteiger partial charge in [0.05, 0.1) is 5.92 Å². The van der Waals surface area contributed by atoms with Crippen molar-refractivity contribution < 1.29 is 9.59 Å². The van der Waals surface area contributed by atoms with Gasteiger partial charge in [0.25, 0.3) is 0 Å². The summed E-state index contributed by atoms with van der Waals surface area (Å²) in [6.45, 7) is 5.64. The second-order valence-electron chi connectivity index (χ2n) is 3.15. The molecule has 0 saturated carbocycles. The SMILES string of the molecule is C/C=C/C(C(=O)NC(N)=O)C(C)C. The van der Waals surface area contributed by atoms with Gasteiger partial charge in [-0.05, 0) is 12.8 Å². The van der Waals surface area contributed by atoms with Crippen LogP contribution in [-0.4, -0.2) is 11.9 Å². The largest absolute Gasteiger partial charge is 0.351 e. The molecule has 4 heteroatoms. The van der Waals surface area contributed by atoms with Crippen LogP contribution in [0.1, 0.15) is 20.8 Å². The molecule has 1 unspecified atom stereocenters. The van der Waals surface area contributed by atoms with Crippen LogP contribution in [0.3, 0.4) is 0 Å². The van der Waals surface area contributed by atoms with Crippen LogP contribution < -0.4 is 11.1 Å². The van der Waals surface area contributed by atoms with E-state index in [-0.39, 0.29) is 17.7 Å². The van der Waals surface area contributed by atoms with Crippen LogP contribution in [0.2, 0.25) is 0 Å². The Hall–Kier alpha value is -1.32. The molecule has 4 nitrogen and oxygen atoms in total. The number of carbonyl (C=O) groups is 2. The summed E-state index contributed by atoms with van der Waals surface area (Å²) in [6.07, 6.45) is 3.54. The maximum atomic E-state index is 11.3. The third kappa shape index (κ3) is 4.30. The number of amides is 3. The maximum absolute atomic E-state index is 11.3. The number of imide groups is 1. The van der Waals surface area contributed by atoms with Crippen LogP contribution >= 0.6 is 0 Å². The van der Waals surface area contributed by atoms with Crippen LogP contribution in [-0.2, 0) is 4.79 Å². The number of urea groups is 1. The molecule has 0 aliphatic carbocycles. The van der Waals surface area contributed by atoms with E-state index in [1.807, 2.05) is 20.8 Å². The Morgan fingerprint density at radius 1 is 1.38 bits per heavy atom. The maximum Gasteiger partial charge on any atom is 0.318 e. The fourth-order valence-corrected chi connectivity index (χ4v) is 1.02. The zero-order valence-electron chi connectivity index (χ0n) is 8.20. The van der Waals surface area contributed by atoms with Crippen molar-refractivity contribution >= 4 is 11.9 Å². The molecule has 0 fully saturated rings. The molecule has 0 heterocycles. The van der Waals surface area contributed by atoms with Crippen molar-refractivity contribution in [3.63, 3.8) is 0 Å². The molecule has 0 rings (SSSR count). The third-order valence-electron chi connectivity index (χ3n) is 1.67. The van der Waals surface area contributed by atoms with Crippen LogP contribution in [0.15, 0.2) is 12.2 Å². The molecule has 0 aliphatic rings. The lowest BCUT2D eigenvalue weighted by molar-refractivity contribution is -0.123. The highest BCUT2D eigenvalue weighted by Crippen LogP contribution is 2.12. The molecule has 0 bridgehead atoms. The van der Waals surface area contributed by atoms with Crippen LogP contribution in [0, 0.1) is 11.8 Å². The molecule has 0 saturated heterocycles. The van der Waals surface area contributed by atoms with Gasteiger partial charge >= 0.3 is 6.03 Å². The molecule has 0 aromatic carbocycles. The molecule has 13 heavy (non-hydrogen) atoms. The van der Waals surface area contributed by atoms with Gasteiger partial charge in [-0.1, -0.05) is 26.0 Å². The highest BCUT2D eigenvalue weighted by molar-refractivity contribution is 5.95. The first kappa shape index (κ1) is 11.7. The predicted molar refractivity (Wildman–Crippen MR) is 50.9 cm³/mol. The fourth-order valence-electron chi connectivity index (χ4n) is 1.02. The number of primary amides is 1. The average molecular weight is 184 g/mol. The van der Waals surface area contributed by atoms with Crippen molar-refractivity contribution in [3.05, 3.63) is 12.2 Å². The highest BCUT2D eigenvalue weighted by Gasteiger charge is 2.19. The van der Waals surface area contributed by atoms with Crippen LogP contribution in [0.4, 0.5) is 4.79 Å². The lowest BCUT2D eigenvalue weighted by Crippen LogP contribution is -2.40. The molecule has 0 aromatic heterocycles. The summed E-state index contributed by atoms with van der Waals surface area (Å²) in [5.74, 6) is -0.492. The van der Waals surface area contributed by atoms with Crippen LogP contribution in [0.25, 0.3) is 0 Å². The Labute approximate surface area is 78.2 Å². The molecule has 74 valence electrons. The quantitative estimate of drug-likeness (QED) is 0.643. The minimum Gasteiger partial charge on any atom is -0.351 e. The van der Waals surface area contributed by atoms with Crippen molar-refractivity contribution in [2.45, 2.75) is 20.8 Å². The monoisotopic (exact) mass is 184 g/mol. The van der Waals surface area contributed by atoms with Gasteiger partial charge in [0, 0.05) is 0 Å². The van der Waals surface area contributed by atoms with E-state index in [4.69, 9.17) is 5.73 Å². The Balaban J connectivity index is 4.37. The highest BCUT2D eigenvalue weighted by atomic mass is 16.2. The molecule has 3 amide bonds. The molecule has 0 spiro atoms. The summed E-state index contributed by atoms with van der Waals surface area (Å²) in [7, 11) is 0. The Morgan fingerprint density at radius 3 is 2.23 bits per heavy atom. The van der Waals surface area contributed by atoms with Gasteiger partial charge < -0.3 is 5.73 Å². The summed E-state index contributed by atoms with van der Waals surface area (Å²) in [6, 6.07) is -0.805. The summed E-state index contributed by atoms with van der Waals surface area (Å²) in [5.41, 5.74) is 4.83. The van der Waals surface area contributed by atoms with E-state index in [0.717, 1.165) is 0 Å². The van der Waals surface area contributed by atoms with Gasteiger partial charge in [0.15, 0.2) is 0 Å². The van der Waals surface area contributed by atoms with E-state index in [9.17, 15) is 9.59 Å². The smallest absolute Gasteiger partial charge is 0.318 e. The third-order valence-corrected chi connectivity index (χ3v) is 1.67. The number of rotatable bonds is 3. The van der Waals surface area contributed by atoms with E-state index in [1.54, 1.807) is 12.2 Å². The molecule has 1 atom stereocenters. The second-order valence-corrected chi connectivity index (χ2v) is 3.15. The van der Waals surface area contributed by atoms with Crippen molar-refractivity contribution in [1.29, 1.82) is 0 Å². The Kier molecular flexibility index (Phi) is 4.80. The van der Waals surface area contributed by atoms with Crippen molar-refractivity contribution in [3.8, 4) is 0 Å². The predicted octanol–water partition coefficient (Wildman–Crippen LogP) is 1.03. The number of allylic oxidation sites excluding steroid dienone is 1. The van der Waals surface area contributed by atoms with Crippen molar-refractivity contribution in [1.82, 2.24) is 5.32 Å². The fraction of sp³-hybridized carbons (Fsp3) is 0.556. The molecule has 0 aliphatic heterocycles. The standard InChI is InChI=1S/C9H16N2O2/c1-4-5-7(6(2)3)8(12)11-9(10)13/h4-7H,1-3H3,(H3,10,11,12,13)/b5-4+. The normalized spacial score (nSPS) is 13.2. The van der Waals surface area contributed by atoms with Gasteiger partial charge in [-0.2, -0.15) is 0 Å². The van der Waals surface area contributed by atoms with Gasteiger partial charge in [-0.25, -0.2) is 4.79 Å². The number of hydrogen-bond donors (Lipinski definition) is 2. The van der Waals surface area contributed by atoms with Gasteiger partial charge in [0.2, 0.25) is 5.91 Å². The zero-order chi connectivity index (χ0) is 10.4. The second kappa shape index (κ2) is 5.35. The summed E-state index contributed by atoms with van der Waals surface area (Å²) < 4.78 is 0. The topological polar surface area (TPSA) is 72.2 Å². The minimum absolute atomic E-state index is 0.149. The van der Waals surface area contributed by atoms with E-state index in [2.05, 4.69) is 5.32 Å².